The molecule has 1 fully saturated rings. The first-order valence-electron chi connectivity index (χ1n) is 5.99. The molecule has 0 aromatic carbocycles. The van der Waals surface area contributed by atoms with Crippen molar-refractivity contribution in [3.05, 3.63) is 12.4 Å². The van der Waals surface area contributed by atoms with Gasteiger partial charge in [0.15, 0.2) is 0 Å². The van der Waals surface area contributed by atoms with E-state index in [2.05, 4.69) is 20.6 Å². The monoisotopic (exact) mass is 237 g/mol. The van der Waals surface area contributed by atoms with Crippen LogP contribution in [0.2, 0.25) is 0 Å². The number of hydrogen-bond acceptors (Lipinski definition) is 6. The molecule has 2 rings (SSSR count). The van der Waals surface area contributed by atoms with Gasteiger partial charge in [0.05, 0.1) is 0 Å². The van der Waals surface area contributed by atoms with Crippen molar-refractivity contribution in [2.24, 2.45) is 5.73 Å². The Morgan fingerprint density at radius 1 is 1.29 bits per heavy atom. The highest BCUT2D eigenvalue weighted by atomic mass is 16.5. The van der Waals surface area contributed by atoms with Crippen LogP contribution >= 0.6 is 0 Å². The van der Waals surface area contributed by atoms with E-state index in [9.17, 15) is 0 Å². The van der Waals surface area contributed by atoms with Crippen LogP contribution in [0.1, 0.15) is 12.8 Å². The highest BCUT2D eigenvalue weighted by Crippen LogP contribution is 2.14. The molecule has 1 aromatic heterocycles. The van der Waals surface area contributed by atoms with Crippen LogP contribution in [0, 0.1) is 0 Å². The van der Waals surface area contributed by atoms with Crippen LogP contribution in [0.3, 0.4) is 0 Å². The van der Waals surface area contributed by atoms with Gasteiger partial charge in [0.2, 0.25) is 0 Å². The Kier molecular flexibility index (Phi) is 4.52. The maximum atomic E-state index is 5.43. The van der Waals surface area contributed by atoms with Crippen LogP contribution in [0.25, 0.3) is 0 Å². The maximum Gasteiger partial charge on any atom is 0.131 e. The molecule has 1 saturated heterocycles. The summed E-state index contributed by atoms with van der Waals surface area (Å²) in [6, 6.07) is 2.35. The molecule has 0 spiro atoms. The third-order valence-corrected chi connectivity index (χ3v) is 2.69. The minimum absolute atomic E-state index is 0.445. The lowest BCUT2D eigenvalue weighted by Crippen LogP contribution is -2.28. The SMILES string of the molecule is NCCNc1cc(NC2CCOCC2)ncn1. The number of hydrogen-bond donors (Lipinski definition) is 3. The fraction of sp³-hybridized carbons (Fsp3) is 0.636. The summed E-state index contributed by atoms with van der Waals surface area (Å²) in [5.74, 6) is 1.66. The predicted octanol–water partition coefficient (Wildman–Crippen LogP) is 0.438. The Morgan fingerprint density at radius 3 is 2.82 bits per heavy atom. The van der Waals surface area contributed by atoms with Crippen molar-refractivity contribution in [2.75, 3.05) is 36.9 Å². The molecule has 0 atom stereocenters. The number of aromatic nitrogens is 2. The molecule has 1 aliphatic rings. The second kappa shape index (κ2) is 6.36. The fourth-order valence-corrected chi connectivity index (χ4v) is 1.78. The van der Waals surface area contributed by atoms with Gasteiger partial charge in [-0.25, -0.2) is 9.97 Å². The summed E-state index contributed by atoms with van der Waals surface area (Å²) in [5.41, 5.74) is 5.43. The average Bonchev–Trinajstić information content (AvgIpc) is 2.38. The lowest BCUT2D eigenvalue weighted by Gasteiger charge is -2.23. The number of rotatable bonds is 5. The lowest BCUT2D eigenvalue weighted by atomic mass is 10.1. The van der Waals surface area contributed by atoms with Gasteiger partial charge >= 0.3 is 0 Å². The summed E-state index contributed by atoms with van der Waals surface area (Å²) in [6.45, 7) is 2.95. The first-order valence-corrected chi connectivity index (χ1v) is 5.99. The molecular weight excluding hydrogens is 218 g/mol. The van der Waals surface area contributed by atoms with Crippen molar-refractivity contribution in [1.29, 1.82) is 0 Å². The van der Waals surface area contributed by atoms with E-state index in [1.807, 2.05) is 6.07 Å². The Labute approximate surface area is 101 Å². The summed E-state index contributed by atoms with van der Waals surface area (Å²) in [7, 11) is 0. The Hall–Kier alpha value is -1.40. The fourth-order valence-electron chi connectivity index (χ4n) is 1.78. The van der Waals surface area contributed by atoms with Gasteiger partial charge in [-0.15, -0.1) is 0 Å². The smallest absolute Gasteiger partial charge is 0.131 e. The second-order valence-electron chi connectivity index (χ2n) is 4.03. The summed E-state index contributed by atoms with van der Waals surface area (Å²) in [4.78, 5) is 8.33. The topological polar surface area (TPSA) is 85.1 Å². The third-order valence-electron chi connectivity index (χ3n) is 2.69. The van der Waals surface area contributed by atoms with Crippen LogP contribution in [0.15, 0.2) is 12.4 Å². The lowest BCUT2D eigenvalue weighted by molar-refractivity contribution is 0.0904. The zero-order valence-corrected chi connectivity index (χ0v) is 9.85. The maximum absolute atomic E-state index is 5.43. The Balaban J connectivity index is 1.90. The van der Waals surface area contributed by atoms with Gasteiger partial charge in [-0.3, -0.25) is 0 Å². The number of ether oxygens (including phenoxy) is 1. The zero-order chi connectivity index (χ0) is 11.9. The van der Waals surface area contributed by atoms with Crippen molar-refractivity contribution >= 4 is 11.6 Å². The molecule has 4 N–H and O–H groups in total. The molecule has 0 radical (unpaired) electrons. The molecule has 17 heavy (non-hydrogen) atoms. The summed E-state index contributed by atoms with van der Waals surface area (Å²) in [5, 5.41) is 6.53. The van der Waals surface area contributed by atoms with Crippen molar-refractivity contribution in [3.8, 4) is 0 Å². The molecule has 6 nitrogen and oxygen atoms in total. The molecule has 2 heterocycles. The largest absolute Gasteiger partial charge is 0.381 e. The Morgan fingerprint density at radius 2 is 2.06 bits per heavy atom. The molecule has 1 aromatic rings. The zero-order valence-electron chi connectivity index (χ0n) is 9.85. The average molecular weight is 237 g/mol. The predicted molar refractivity (Wildman–Crippen MR) is 67.0 cm³/mol. The number of anilines is 2. The highest BCUT2D eigenvalue weighted by molar-refractivity contribution is 5.46. The van der Waals surface area contributed by atoms with E-state index in [1.54, 1.807) is 6.33 Å². The molecular formula is C11H19N5O. The van der Waals surface area contributed by atoms with Gasteiger partial charge < -0.3 is 21.1 Å². The van der Waals surface area contributed by atoms with Crippen molar-refractivity contribution < 1.29 is 4.74 Å². The van der Waals surface area contributed by atoms with Gasteiger partial charge in [-0.2, -0.15) is 0 Å². The number of nitrogens with two attached hydrogens (primary N) is 1. The van der Waals surface area contributed by atoms with E-state index in [0.29, 0.717) is 19.1 Å². The van der Waals surface area contributed by atoms with E-state index in [0.717, 1.165) is 37.7 Å². The van der Waals surface area contributed by atoms with E-state index >= 15 is 0 Å². The van der Waals surface area contributed by atoms with Gasteiger partial charge in [-0.1, -0.05) is 0 Å². The van der Waals surface area contributed by atoms with Crippen LogP contribution in [-0.4, -0.2) is 42.3 Å². The van der Waals surface area contributed by atoms with Crippen molar-refractivity contribution in [1.82, 2.24) is 9.97 Å². The standard InChI is InChI=1S/C11H19N5O/c12-3-4-13-10-7-11(15-8-14-10)16-9-1-5-17-6-2-9/h7-9H,1-6,12H2,(H2,13,14,15,16). The normalized spacial score (nSPS) is 16.8. The van der Waals surface area contributed by atoms with Gasteiger partial charge in [0.25, 0.3) is 0 Å². The van der Waals surface area contributed by atoms with Crippen LogP contribution in [0.5, 0.6) is 0 Å². The third kappa shape index (κ3) is 3.83. The number of nitrogens with one attached hydrogen (secondary N) is 2. The molecule has 6 heteroatoms. The summed E-state index contributed by atoms with van der Waals surface area (Å²) in [6.07, 6.45) is 3.60. The molecule has 0 amide bonds. The van der Waals surface area contributed by atoms with Crippen molar-refractivity contribution in [2.45, 2.75) is 18.9 Å². The van der Waals surface area contributed by atoms with Crippen LogP contribution < -0.4 is 16.4 Å². The summed E-state index contributed by atoms with van der Waals surface area (Å²) >= 11 is 0. The van der Waals surface area contributed by atoms with E-state index < -0.39 is 0 Å². The van der Waals surface area contributed by atoms with Gasteiger partial charge in [0, 0.05) is 38.4 Å². The van der Waals surface area contributed by atoms with Gasteiger partial charge in [-0.05, 0) is 12.8 Å². The molecule has 0 aliphatic carbocycles. The molecule has 0 saturated carbocycles. The van der Waals surface area contributed by atoms with Gasteiger partial charge in [0.1, 0.15) is 18.0 Å². The van der Waals surface area contributed by atoms with E-state index in [4.69, 9.17) is 10.5 Å². The molecule has 94 valence electrons. The van der Waals surface area contributed by atoms with E-state index in [-0.39, 0.29) is 0 Å². The van der Waals surface area contributed by atoms with Crippen molar-refractivity contribution in [3.63, 3.8) is 0 Å². The quantitative estimate of drug-likeness (QED) is 0.689. The van der Waals surface area contributed by atoms with Crippen LogP contribution in [0.4, 0.5) is 11.6 Å². The first kappa shape index (κ1) is 12.1. The Bertz CT molecular complexity index is 340. The second-order valence-corrected chi connectivity index (χ2v) is 4.03. The minimum atomic E-state index is 0.445. The van der Waals surface area contributed by atoms with E-state index in [1.165, 1.54) is 0 Å². The first-order chi connectivity index (χ1) is 8.38. The molecule has 0 unspecified atom stereocenters. The summed E-state index contributed by atoms with van der Waals surface area (Å²) < 4.78 is 5.32. The number of nitrogens with zero attached hydrogens (tertiary/aromatic N) is 2. The minimum Gasteiger partial charge on any atom is -0.381 e. The molecule has 0 bridgehead atoms. The molecule has 1 aliphatic heterocycles. The highest BCUT2D eigenvalue weighted by Gasteiger charge is 2.13. The van der Waals surface area contributed by atoms with Crippen LogP contribution in [-0.2, 0) is 4.74 Å².